The van der Waals surface area contributed by atoms with Crippen LogP contribution in [-0.2, 0) is 4.79 Å². The van der Waals surface area contributed by atoms with Crippen LogP contribution in [0.3, 0.4) is 0 Å². The van der Waals surface area contributed by atoms with E-state index in [-0.39, 0.29) is 16.9 Å². The highest BCUT2D eigenvalue weighted by Gasteiger charge is 2.31. The Hall–Kier alpha value is -1.69. The summed E-state index contributed by atoms with van der Waals surface area (Å²) in [6, 6.07) is 6.91. The van der Waals surface area contributed by atoms with Crippen LogP contribution in [0, 0.1) is 5.82 Å². The molecular formula is C16H18FN3OS. The topological polar surface area (TPSA) is 47.8 Å². The fraction of sp³-hybridized carbons (Fsp3) is 0.438. The molecule has 2 aromatic rings. The van der Waals surface area contributed by atoms with Crippen molar-refractivity contribution < 1.29 is 9.18 Å². The van der Waals surface area contributed by atoms with Crippen LogP contribution >= 0.6 is 11.8 Å². The number of rotatable bonds is 6. The lowest BCUT2D eigenvalue weighted by Crippen LogP contribution is -2.13. The standard InChI is InChI=1S/C16H18FN3OS/c1-3-14(21)10(2)22-16-19-18-15(20(16)11-8-9-11)12-6-4-5-7-13(12)17/h4-7,10-11H,3,8-9H2,1-2H3. The van der Waals surface area contributed by atoms with Gasteiger partial charge in [-0.2, -0.15) is 0 Å². The zero-order chi connectivity index (χ0) is 15.7. The van der Waals surface area contributed by atoms with Crippen LogP contribution in [0.5, 0.6) is 0 Å². The Balaban J connectivity index is 1.96. The van der Waals surface area contributed by atoms with Gasteiger partial charge in [-0.3, -0.25) is 9.36 Å². The molecule has 1 atom stereocenters. The fourth-order valence-electron chi connectivity index (χ4n) is 2.36. The molecule has 0 spiro atoms. The predicted octanol–water partition coefficient (Wildman–Crippen LogP) is 3.88. The quantitative estimate of drug-likeness (QED) is 0.758. The number of hydrogen-bond donors (Lipinski definition) is 0. The summed E-state index contributed by atoms with van der Waals surface area (Å²) in [7, 11) is 0. The van der Waals surface area contributed by atoms with E-state index in [4.69, 9.17) is 0 Å². The lowest BCUT2D eigenvalue weighted by molar-refractivity contribution is -0.118. The second-order valence-electron chi connectivity index (χ2n) is 5.47. The summed E-state index contributed by atoms with van der Waals surface area (Å²) in [5, 5.41) is 8.93. The normalized spacial score (nSPS) is 15.8. The van der Waals surface area contributed by atoms with Crippen LogP contribution < -0.4 is 0 Å². The van der Waals surface area contributed by atoms with Gasteiger partial charge < -0.3 is 0 Å². The van der Waals surface area contributed by atoms with E-state index in [9.17, 15) is 9.18 Å². The molecule has 1 heterocycles. The van der Waals surface area contributed by atoms with Crippen LogP contribution in [0.2, 0.25) is 0 Å². The van der Waals surface area contributed by atoms with E-state index in [2.05, 4.69) is 10.2 Å². The average Bonchev–Trinajstić information content (AvgIpc) is 3.28. The molecule has 1 saturated carbocycles. The molecule has 22 heavy (non-hydrogen) atoms. The van der Waals surface area contributed by atoms with Crippen molar-refractivity contribution in [3.63, 3.8) is 0 Å². The molecule has 1 fully saturated rings. The molecule has 1 unspecified atom stereocenters. The first kappa shape index (κ1) is 15.2. The minimum absolute atomic E-state index is 0.167. The van der Waals surface area contributed by atoms with Gasteiger partial charge in [-0.25, -0.2) is 4.39 Å². The van der Waals surface area contributed by atoms with Gasteiger partial charge in [0.05, 0.1) is 10.8 Å². The number of carbonyl (C=O) groups is 1. The fourth-order valence-corrected chi connectivity index (χ4v) is 3.41. The number of ketones is 1. The predicted molar refractivity (Wildman–Crippen MR) is 84.3 cm³/mol. The third kappa shape index (κ3) is 2.92. The van der Waals surface area contributed by atoms with E-state index in [0.29, 0.717) is 29.0 Å². The molecule has 0 aliphatic heterocycles. The van der Waals surface area contributed by atoms with Gasteiger partial charge in [-0.15, -0.1) is 10.2 Å². The van der Waals surface area contributed by atoms with Gasteiger partial charge in [0, 0.05) is 12.5 Å². The maximum Gasteiger partial charge on any atom is 0.192 e. The summed E-state index contributed by atoms with van der Waals surface area (Å²) in [6.45, 7) is 3.74. The number of thioether (sulfide) groups is 1. The van der Waals surface area contributed by atoms with Gasteiger partial charge in [0.2, 0.25) is 0 Å². The molecule has 1 aromatic carbocycles. The molecule has 0 saturated heterocycles. The number of aromatic nitrogens is 3. The van der Waals surface area contributed by atoms with Crippen molar-refractivity contribution in [2.24, 2.45) is 0 Å². The van der Waals surface area contributed by atoms with Crippen molar-refractivity contribution in [2.75, 3.05) is 0 Å². The van der Waals surface area contributed by atoms with Crippen LogP contribution in [-0.4, -0.2) is 25.8 Å². The van der Waals surface area contributed by atoms with Gasteiger partial charge in [0.25, 0.3) is 0 Å². The number of Topliss-reactive ketones (excluding diaryl/α,β-unsaturated/α-hetero) is 1. The minimum Gasteiger partial charge on any atom is -0.299 e. The van der Waals surface area contributed by atoms with E-state index in [1.165, 1.54) is 17.8 Å². The van der Waals surface area contributed by atoms with Crippen molar-refractivity contribution in [1.82, 2.24) is 14.8 Å². The van der Waals surface area contributed by atoms with E-state index >= 15 is 0 Å². The zero-order valence-corrected chi connectivity index (χ0v) is 13.4. The molecule has 0 bridgehead atoms. The highest BCUT2D eigenvalue weighted by molar-refractivity contribution is 8.00. The van der Waals surface area contributed by atoms with Gasteiger partial charge >= 0.3 is 0 Å². The molecule has 4 nitrogen and oxygen atoms in total. The van der Waals surface area contributed by atoms with E-state index in [1.807, 2.05) is 18.4 Å². The number of carbonyl (C=O) groups excluding carboxylic acids is 1. The maximum atomic E-state index is 14.1. The third-order valence-electron chi connectivity index (χ3n) is 3.78. The lowest BCUT2D eigenvalue weighted by atomic mass is 10.2. The van der Waals surface area contributed by atoms with Crippen molar-refractivity contribution in [2.45, 2.75) is 49.6 Å². The Kier molecular flexibility index (Phi) is 4.29. The van der Waals surface area contributed by atoms with Crippen molar-refractivity contribution in [3.05, 3.63) is 30.1 Å². The summed E-state index contributed by atoms with van der Waals surface area (Å²) < 4.78 is 16.0. The Bertz CT molecular complexity index is 696. The molecule has 0 N–H and O–H groups in total. The number of hydrogen-bond acceptors (Lipinski definition) is 4. The Labute approximate surface area is 133 Å². The van der Waals surface area contributed by atoms with Crippen molar-refractivity contribution in [1.29, 1.82) is 0 Å². The molecule has 1 aliphatic carbocycles. The number of halogens is 1. The number of nitrogens with zero attached hydrogens (tertiary/aromatic N) is 3. The van der Waals surface area contributed by atoms with Crippen molar-refractivity contribution >= 4 is 17.5 Å². The largest absolute Gasteiger partial charge is 0.299 e. The molecule has 0 amide bonds. The minimum atomic E-state index is -0.300. The summed E-state index contributed by atoms with van der Waals surface area (Å²) in [6.07, 6.45) is 2.60. The lowest BCUT2D eigenvalue weighted by Gasteiger charge is -2.12. The maximum absolute atomic E-state index is 14.1. The first-order valence-corrected chi connectivity index (χ1v) is 8.39. The summed E-state index contributed by atoms with van der Waals surface area (Å²) in [4.78, 5) is 11.8. The molecule has 3 rings (SSSR count). The first-order valence-electron chi connectivity index (χ1n) is 7.51. The van der Waals surface area contributed by atoms with Crippen LogP contribution in [0.4, 0.5) is 4.39 Å². The number of benzene rings is 1. The van der Waals surface area contributed by atoms with Crippen LogP contribution in [0.1, 0.15) is 39.2 Å². The molecular weight excluding hydrogens is 301 g/mol. The highest BCUT2D eigenvalue weighted by atomic mass is 32.2. The van der Waals surface area contributed by atoms with E-state index in [1.54, 1.807) is 18.2 Å². The Morgan fingerprint density at radius 3 is 2.77 bits per heavy atom. The SMILES string of the molecule is CCC(=O)C(C)Sc1nnc(-c2ccccc2F)n1C1CC1. The van der Waals surface area contributed by atoms with Crippen LogP contribution in [0.15, 0.2) is 29.4 Å². The first-order chi connectivity index (χ1) is 10.6. The smallest absolute Gasteiger partial charge is 0.192 e. The van der Waals surface area contributed by atoms with E-state index in [0.717, 1.165) is 12.8 Å². The van der Waals surface area contributed by atoms with Gasteiger partial charge in [0.1, 0.15) is 11.6 Å². The average molecular weight is 319 g/mol. The summed E-state index contributed by atoms with van der Waals surface area (Å²) in [5.41, 5.74) is 0.461. The molecule has 1 aliphatic rings. The second-order valence-corrected chi connectivity index (χ2v) is 6.78. The van der Waals surface area contributed by atoms with Gasteiger partial charge in [-0.05, 0) is 31.9 Å². The zero-order valence-electron chi connectivity index (χ0n) is 12.6. The monoisotopic (exact) mass is 319 g/mol. The summed E-state index contributed by atoms with van der Waals surface area (Å²) >= 11 is 1.41. The molecule has 6 heteroatoms. The van der Waals surface area contributed by atoms with E-state index < -0.39 is 0 Å². The van der Waals surface area contributed by atoms with Crippen molar-refractivity contribution in [3.8, 4) is 11.4 Å². The second kappa shape index (κ2) is 6.20. The Morgan fingerprint density at radius 2 is 2.14 bits per heavy atom. The Morgan fingerprint density at radius 1 is 1.41 bits per heavy atom. The third-order valence-corrected chi connectivity index (χ3v) is 4.88. The summed E-state index contributed by atoms with van der Waals surface area (Å²) in [5.74, 6) is 0.438. The van der Waals surface area contributed by atoms with Crippen LogP contribution in [0.25, 0.3) is 11.4 Å². The van der Waals surface area contributed by atoms with Gasteiger partial charge in [-0.1, -0.05) is 30.8 Å². The molecule has 1 aromatic heterocycles. The molecule has 0 radical (unpaired) electrons. The van der Waals surface area contributed by atoms with Gasteiger partial charge in [0.15, 0.2) is 11.0 Å². The molecule has 116 valence electrons. The highest BCUT2D eigenvalue weighted by Crippen LogP contribution is 2.42.